The van der Waals surface area contributed by atoms with Gasteiger partial charge in [0, 0.05) is 13.2 Å². The van der Waals surface area contributed by atoms with Gasteiger partial charge in [0.2, 0.25) is 0 Å². The minimum atomic E-state index is -1.30. The van der Waals surface area contributed by atoms with Crippen molar-refractivity contribution in [2.75, 3.05) is 13.2 Å². The van der Waals surface area contributed by atoms with Crippen LogP contribution in [0, 0.1) is 5.92 Å². The molecule has 1 aliphatic carbocycles. The zero-order chi connectivity index (χ0) is 9.68. The lowest BCUT2D eigenvalue weighted by molar-refractivity contribution is 0.165. The first-order valence-electron chi connectivity index (χ1n) is 5.47. The van der Waals surface area contributed by atoms with Crippen LogP contribution in [0.4, 0.5) is 0 Å². The van der Waals surface area contributed by atoms with E-state index in [-0.39, 0.29) is 0 Å². The Hall–Kier alpha value is 0.137. The summed E-state index contributed by atoms with van der Waals surface area (Å²) in [5, 5.41) is 0. The fourth-order valence-electron chi connectivity index (χ4n) is 1.48. The maximum atomic E-state index is 5.86. The van der Waals surface area contributed by atoms with E-state index in [0.29, 0.717) is 5.92 Å². The molecule has 1 saturated carbocycles. The van der Waals surface area contributed by atoms with Gasteiger partial charge in [-0.15, -0.1) is 0 Å². The first-order valence-corrected chi connectivity index (χ1v) is 7.08. The van der Waals surface area contributed by atoms with E-state index in [1.807, 2.05) is 0 Å². The SMILES string of the molecule is CCO[SiH](OCC(C)C)C1CCC1. The largest absolute Gasteiger partial charge is 0.397 e. The average molecular weight is 202 g/mol. The molecule has 0 N–H and O–H groups in total. The van der Waals surface area contributed by atoms with Crippen LogP contribution in [0.1, 0.15) is 40.0 Å². The molecule has 0 bridgehead atoms. The predicted molar refractivity (Wildman–Crippen MR) is 57.2 cm³/mol. The summed E-state index contributed by atoms with van der Waals surface area (Å²) in [6.07, 6.45) is 4.07. The minimum Gasteiger partial charge on any atom is -0.397 e. The van der Waals surface area contributed by atoms with Crippen LogP contribution >= 0.6 is 0 Å². The lowest BCUT2D eigenvalue weighted by Crippen LogP contribution is -2.34. The van der Waals surface area contributed by atoms with Gasteiger partial charge in [-0.2, -0.15) is 0 Å². The van der Waals surface area contributed by atoms with E-state index in [0.717, 1.165) is 18.8 Å². The summed E-state index contributed by atoms with van der Waals surface area (Å²) in [6.45, 7) is 8.16. The second-order valence-electron chi connectivity index (χ2n) is 4.24. The van der Waals surface area contributed by atoms with Crippen molar-refractivity contribution in [2.24, 2.45) is 5.92 Å². The van der Waals surface area contributed by atoms with E-state index in [9.17, 15) is 0 Å². The highest BCUT2D eigenvalue weighted by atomic mass is 28.3. The van der Waals surface area contributed by atoms with Crippen LogP contribution in [0.2, 0.25) is 5.54 Å². The maximum Gasteiger partial charge on any atom is 0.324 e. The Labute approximate surface area is 83.5 Å². The molecule has 1 aliphatic rings. The molecule has 3 heteroatoms. The highest BCUT2D eigenvalue weighted by molar-refractivity contribution is 6.46. The van der Waals surface area contributed by atoms with Gasteiger partial charge in [0.1, 0.15) is 0 Å². The fourth-order valence-corrected chi connectivity index (χ4v) is 4.04. The Kier molecular flexibility index (Phi) is 4.99. The number of hydrogen-bond donors (Lipinski definition) is 0. The summed E-state index contributed by atoms with van der Waals surface area (Å²) in [6, 6.07) is 0. The third-order valence-corrected chi connectivity index (χ3v) is 5.08. The molecule has 0 radical (unpaired) electrons. The van der Waals surface area contributed by atoms with Gasteiger partial charge in [0.15, 0.2) is 0 Å². The second kappa shape index (κ2) is 5.78. The number of hydrogen-bond acceptors (Lipinski definition) is 2. The maximum absolute atomic E-state index is 5.86. The molecule has 0 spiro atoms. The van der Waals surface area contributed by atoms with Gasteiger partial charge in [-0.25, -0.2) is 0 Å². The topological polar surface area (TPSA) is 18.5 Å². The van der Waals surface area contributed by atoms with Crippen molar-refractivity contribution in [3.63, 3.8) is 0 Å². The summed E-state index contributed by atoms with van der Waals surface area (Å²) in [5.74, 6) is 0.635. The molecule has 0 aliphatic heterocycles. The molecule has 0 aromatic rings. The van der Waals surface area contributed by atoms with Crippen molar-refractivity contribution in [2.45, 2.75) is 45.6 Å². The van der Waals surface area contributed by atoms with Crippen LogP contribution in [0.15, 0.2) is 0 Å². The van der Waals surface area contributed by atoms with E-state index in [2.05, 4.69) is 20.8 Å². The molecular formula is C10H22O2Si. The van der Waals surface area contributed by atoms with Crippen LogP contribution in [0.3, 0.4) is 0 Å². The van der Waals surface area contributed by atoms with Gasteiger partial charge in [0.25, 0.3) is 0 Å². The fraction of sp³-hybridized carbons (Fsp3) is 1.00. The van der Waals surface area contributed by atoms with Gasteiger partial charge in [-0.3, -0.25) is 0 Å². The van der Waals surface area contributed by atoms with Crippen LogP contribution in [-0.2, 0) is 8.85 Å². The monoisotopic (exact) mass is 202 g/mol. The molecule has 1 rings (SSSR count). The standard InChI is InChI=1S/C10H22O2Si/c1-4-11-13(10-6-5-7-10)12-8-9(2)3/h9-10,13H,4-8H2,1-3H3. The third kappa shape index (κ3) is 3.79. The van der Waals surface area contributed by atoms with Gasteiger partial charge >= 0.3 is 9.28 Å². The molecule has 0 aromatic carbocycles. The van der Waals surface area contributed by atoms with Gasteiger partial charge in [-0.05, 0) is 31.2 Å². The van der Waals surface area contributed by atoms with E-state index in [1.54, 1.807) is 0 Å². The molecule has 13 heavy (non-hydrogen) atoms. The Bertz CT molecular complexity index is 135. The summed E-state index contributed by atoms with van der Waals surface area (Å²) in [7, 11) is -1.30. The quantitative estimate of drug-likeness (QED) is 0.616. The molecule has 1 unspecified atom stereocenters. The summed E-state index contributed by atoms with van der Waals surface area (Å²) in [4.78, 5) is 0. The van der Waals surface area contributed by atoms with Crippen LogP contribution in [0.5, 0.6) is 0 Å². The number of rotatable bonds is 6. The van der Waals surface area contributed by atoms with Gasteiger partial charge in [0.05, 0.1) is 0 Å². The van der Waals surface area contributed by atoms with Gasteiger partial charge < -0.3 is 8.85 Å². The highest BCUT2D eigenvalue weighted by Gasteiger charge is 2.31. The molecule has 0 saturated heterocycles. The molecule has 78 valence electrons. The van der Waals surface area contributed by atoms with Crippen molar-refractivity contribution in [1.82, 2.24) is 0 Å². The van der Waals surface area contributed by atoms with E-state index in [4.69, 9.17) is 8.85 Å². The summed E-state index contributed by atoms with van der Waals surface area (Å²) >= 11 is 0. The molecule has 2 nitrogen and oxygen atoms in total. The molecule has 1 atom stereocenters. The Morgan fingerprint density at radius 1 is 1.31 bits per heavy atom. The van der Waals surface area contributed by atoms with Crippen molar-refractivity contribution < 1.29 is 8.85 Å². The normalized spacial score (nSPS) is 20.3. The van der Waals surface area contributed by atoms with E-state index in [1.165, 1.54) is 19.3 Å². The zero-order valence-electron chi connectivity index (χ0n) is 9.08. The predicted octanol–water partition coefficient (Wildman–Crippen LogP) is 2.47. The Morgan fingerprint density at radius 3 is 2.38 bits per heavy atom. The first kappa shape index (κ1) is 11.2. The molecule has 0 aromatic heterocycles. The van der Waals surface area contributed by atoms with Crippen molar-refractivity contribution >= 4 is 9.28 Å². The van der Waals surface area contributed by atoms with Crippen molar-refractivity contribution in [3.8, 4) is 0 Å². The lowest BCUT2D eigenvalue weighted by Gasteiger charge is -2.31. The van der Waals surface area contributed by atoms with Crippen LogP contribution < -0.4 is 0 Å². The Morgan fingerprint density at radius 2 is 2.00 bits per heavy atom. The highest BCUT2D eigenvalue weighted by Crippen LogP contribution is 2.35. The van der Waals surface area contributed by atoms with Gasteiger partial charge in [-0.1, -0.05) is 20.3 Å². The van der Waals surface area contributed by atoms with Crippen molar-refractivity contribution in [3.05, 3.63) is 0 Å². The first-order chi connectivity index (χ1) is 6.24. The smallest absolute Gasteiger partial charge is 0.324 e. The molecular weight excluding hydrogens is 180 g/mol. The third-order valence-electron chi connectivity index (χ3n) is 2.46. The molecule has 0 amide bonds. The summed E-state index contributed by atoms with van der Waals surface area (Å²) in [5.41, 5.74) is 0.804. The lowest BCUT2D eigenvalue weighted by atomic mass is 10.00. The van der Waals surface area contributed by atoms with E-state index < -0.39 is 9.28 Å². The van der Waals surface area contributed by atoms with Crippen molar-refractivity contribution in [1.29, 1.82) is 0 Å². The minimum absolute atomic E-state index is 0.635. The van der Waals surface area contributed by atoms with Crippen LogP contribution in [0.25, 0.3) is 0 Å². The Balaban J connectivity index is 2.20. The zero-order valence-corrected chi connectivity index (χ0v) is 10.2. The van der Waals surface area contributed by atoms with E-state index >= 15 is 0 Å². The second-order valence-corrected chi connectivity index (χ2v) is 6.59. The molecule has 0 heterocycles. The molecule has 1 fully saturated rings. The average Bonchev–Trinajstić information content (AvgIpc) is 1.97. The van der Waals surface area contributed by atoms with Crippen LogP contribution in [-0.4, -0.2) is 22.5 Å². The summed E-state index contributed by atoms with van der Waals surface area (Å²) < 4.78 is 11.6.